The van der Waals surface area contributed by atoms with Gasteiger partial charge < -0.3 is 15.5 Å². The minimum atomic E-state index is -0.810. The van der Waals surface area contributed by atoms with Gasteiger partial charge in [0.15, 0.2) is 0 Å². The van der Waals surface area contributed by atoms with Crippen molar-refractivity contribution in [1.29, 1.82) is 0 Å². The molecule has 0 aliphatic rings. The second-order valence-electron chi connectivity index (χ2n) is 2.73. The van der Waals surface area contributed by atoms with E-state index in [0.717, 1.165) is 15.4 Å². The third-order valence-electron chi connectivity index (χ3n) is 1.84. The summed E-state index contributed by atoms with van der Waals surface area (Å²) in [5, 5.41) is 0.818. The normalized spacial score (nSPS) is 10.4. The van der Waals surface area contributed by atoms with Gasteiger partial charge in [0.05, 0.1) is 5.52 Å². The highest BCUT2D eigenvalue weighted by Crippen LogP contribution is 2.30. The smallest absolute Gasteiger partial charge is 0.409 e. The van der Waals surface area contributed by atoms with Gasteiger partial charge in [-0.05, 0) is 34.1 Å². The van der Waals surface area contributed by atoms with E-state index < -0.39 is 6.09 Å². The number of benzene rings is 1. The van der Waals surface area contributed by atoms with Gasteiger partial charge >= 0.3 is 6.09 Å². The summed E-state index contributed by atoms with van der Waals surface area (Å²) in [4.78, 5) is 13.6. The van der Waals surface area contributed by atoms with Gasteiger partial charge in [-0.25, -0.2) is 4.79 Å². The molecule has 0 saturated carbocycles. The van der Waals surface area contributed by atoms with Crippen LogP contribution < -0.4 is 10.5 Å². The molecule has 3 N–H and O–H groups in total. The lowest BCUT2D eigenvalue weighted by Gasteiger charge is -2.03. The van der Waals surface area contributed by atoms with Crippen LogP contribution >= 0.6 is 15.9 Å². The Kier molecular flexibility index (Phi) is 2.17. The number of H-pyrrole nitrogens is 1. The molecule has 4 nitrogen and oxygen atoms in total. The fourth-order valence-corrected chi connectivity index (χ4v) is 1.75. The molecular weight excluding hydrogens is 248 g/mol. The van der Waals surface area contributed by atoms with E-state index in [1.165, 1.54) is 0 Å². The number of carbonyl (C=O) groups excluding carboxylic acids is 1. The van der Waals surface area contributed by atoms with E-state index >= 15 is 0 Å². The van der Waals surface area contributed by atoms with E-state index in [-0.39, 0.29) is 0 Å². The van der Waals surface area contributed by atoms with Gasteiger partial charge in [0.2, 0.25) is 0 Å². The highest BCUT2D eigenvalue weighted by atomic mass is 79.9. The number of fused-ring (bicyclic) bond motifs is 1. The van der Waals surface area contributed by atoms with Gasteiger partial charge in [-0.15, -0.1) is 0 Å². The van der Waals surface area contributed by atoms with Crippen LogP contribution in [0.2, 0.25) is 0 Å². The van der Waals surface area contributed by atoms with Crippen molar-refractivity contribution in [1.82, 2.24) is 4.98 Å². The number of ether oxygens (including phenoxy) is 1. The molecule has 14 heavy (non-hydrogen) atoms. The molecule has 1 aromatic carbocycles. The van der Waals surface area contributed by atoms with E-state index in [1.54, 1.807) is 18.3 Å². The van der Waals surface area contributed by atoms with Crippen LogP contribution in [0.25, 0.3) is 10.9 Å². The maximum atomic E-state index is 10.6. The maximum Gasteiger partial charge on any atom is 0.409 e. The van der Waals surface area contributed by atoms with Crippen molar-refractivity contribution in [3.63, 3.8) is 0 Å². The number of nitrogens with two attached hydrogens (primary N) is 1. The Morgan fingerprint density at radius 3 is 2.93 bits per heavy atom. The first-order chi connectivity index (χ1) is 6.68. The van der Waals surface area contributed by atoms with Crippen LogP contribution in [-0.4, -0.2) is 11.1 Å². The summed E-state index contributed by atoms with van der Waals surface area (Å²) in [6.07, 6.45) is 0.957. The highest BCUT2D eigenvalue weighted by Gasteiger charge is 2.07. The topological polar surface area (TPSA) is 68.1 Å². The summed E-state index contributed by atoms with van der Waals surface area (Å²) in [6.45, 7) is 0. The zero-order valence-corrected chi connectivity index (χ0v) is 8.67. The zero-order chi connectivity index (χ0) is 10.1. The van der Waals surface area contributed by atoms with Crippen LogP contribution in [-0.2, 0) is 0 Å². The molecule has 0 radical (unpaired) electrons. The SMILES string of the molecule is NC(=O)Oc1ccc(Br)c2[nH]ccc12. The molecule has 0 unspecified atom stereocenters. The monoisotopic (exact) mass is 254 g/mol. The van der Waals surface area contributed by atoms with Crippen LogP contribution in [0.15, 0.2) is 28.9 Å². The summed E-state index contributed by atoms with van der Waals surface area (Å²) >= 11 is 3.37. The fourth-order valence-electron chi connectivity index (χ4n) is 1.29. The number of amides is 1. The summed E-state index contributed by atoms with van der Waals surface area (Å²) in [5.41, 5.74) is 5.82. The highest BCUT2D eigenvalue weighted by molar-refractivity contribution is 9.10. The minimum absolute atomic E-state index is 0.456. The van der Waals surface area contributed by atoms with Crippen molar-refractivity contribution in [2.24, 2.45) is 5.73 Å². The molecule has 72 valence electrons. The molecule has 0 fully saturated rings. The third kappa shape index (κ3) is 1.46. The van der Waals surface area contributed by atoms with Crippen LogP contribution in [0.5, 0.6) is 5.75 Å². The third-order valence-corrected chi connectivity index (χ3v) is 2.50. The van der Waals surface area contributed by atoms with Crippen molar-refractivity contribution in [3.8, 4) is 5.75 Å². The van der Waals surface area contributed by atoms with Crippen LogP contribution in [0.3, 0.4) is 0 Å². The number of primary amides is 1. The van der Waals surface area contributed by atoms with Gasteiger partial charge in [-0.2, -0.15) is 0 Å². The zero-order valence-electron chi connectivity index (χ0n) is 7.08. The van der Waals surface area contributed by atoms with E-state index in [0.29, 0.717) is 5.75 Å². The molecule has 0 aliphatic heterocycles. The number of hydrogen-bond donors (Lipinski definition) is 2. The maximum absolute atomic E-state index is 10.6. The van der Waals surface area contributed by atoms with Crippen molar-refractivity contribution in [2.45, 2.75) is 0 Å². The summed E-state index contributed by atoms with van der Waals surface area (Å²) in [6, 6.07) is 5.29. The van der Waals surface area contributed by atoms with Crippen LogP contribution in [0.4, 0.5) is 4.79 Å². The standard InChI is InChI=1S/C9H7BrN2O2/c10-6-1-2-7(14-9(11)13)5-3-4-12-8(5)6/h1-4,12H,(H2,11,13). The number of nitrogens with one attached hydrogen (secondary N) is 1. The molecule has 1 heterocycles. The molecule has 0 saturated heterocycles. The molecule has 2 rings (SSSR count). The molecule has 5 heteroatoms. The first kappa shape index (κ1) is 9.08. The average molecular weight is 255 g/mol. The largest absolute Gasteiger partial charge is 0.410 e. The predicted molar refractivity (Wildman–Crippen MR) is 56.2 cm³/mol. The Morgan fingerprint density at radius 1 is 1.43 bits per heavy atom. The van der Waals surface area contributed by atoms with Crippen LogP contribution in [0.1, 0.15) is 0 Å². The van der Waals surface area contributed by atoms with Gasteiger partial charge in [0.25, 0.3) is 0 Å². The molecule has 0 spiro atoms. The fraction of sp³-hybridized carbons (Fsp3) is 0. The second-order valence-corrected chi connectivity index (χ2v) is 3.59. The summed E-state index contributed by atoms with van der Waals surface area (Å²) in [7, 11) is 0. The van der Waals surface area contributed by atoms with E-state index in [1.807, 2.05) is 6.07 Å². The van der Waals surface area contributed by atoms with Crippen molar-refractivity contribution in [2.75, 3.05) is 0 Å². The minimum Gasteiger partial charge on any atom is -0.410 e. The number of rotatable bonds is 1. The first-order valence-electron chi connectivity index (χ1n) is 3.91. The Morgan fingerprint density at radius 2 is 2.21 bits per heavy atom. The molecule has 0 atom stereocenters. The van der Waals surface area contributed by atoms with Crippen LogP contribution in [0, 0.1) is 0 Å². The molecular formula is C9H7BrN2O2. The number of aromatic amines is 1. The predicted octanol–water partition coefficient (Wildman–Crippen LogP) is 2.39. The lowest BCUT2D eigenvalue weighted by Crippen LogP contribution is -2.16. The van der Waals surface area contributed by atoms with E-state index in [2.05, 4.69) is 20.9 Å². The second kappa shape index (κ2) is 3.34. The molecule has 1 aromatic heterocycles. The average Bonchev–Trinajstić information content (AvgIpc) is 2.58. The number of carbonyl (C=O) groups is 1. The van der Waals surface area contributed by atoms with Gasteiger partial charge in [-0.3, -0.25) is 0 Å². The lowest BCUT2D eigenvalue weighted by atomic mass is 10.2. The summed E-state index contributed by atoms with van der Waals surface area (Å²) < 4.78 is 5.75. The van der Waals surface area contributed by atoms with E-state index in [9.17, 15) is 4.79 Å². The van der Waals surface area contributed by atoms with E-state index in [4.69, 9.17) is 10.5 Å². The first-order valence-corrected chi connectivity index (χ1v) is 4.70. The quantitative estimate of drug-likeness (QED) is 0.821. The molecule has 0 bridgehead atoms. The Balaban J connectivity index is 2.60. The van der Waals surface area contributed by atoms with Gasteiger partial charge in [0.1, 0.15) is 5.75 Å². The molecule has 2 aromatic rings. The number of hydrogen-bond acceptors (Lipinski definition) is 2. The van der Waals surface area contributed by atoms with Crippen molar-refractivity contribution < 1.29 is 9.53 Å². The molecule has 0 aliphatic carbocycles. The summed E-state index contributed by atoms with van der Waals surface area (Å²) in [5.74, 6) is 0.456. The number of aromatic nitrogens is 1. The van der Waals surface area contributed by atoms with Crippen molar-refractivity contribution >= 4 is 32.9 Å². The Hall–Kier alpha value is -1.49. The van der Waals surface area contributed by atoms with Gasteiger partial charge in [-0.1, -0.05) is 0 Å². The lowest BCUT2D eigenvalue weighted by molar-refractivity contribution is 0.211. The van der Waals surface area contributed by atoms with Crippen molar-refractivity contribution in [3.05, 3.63) is 28.9 Å². The Bertz CT molecular complexity index is 493. The Labute approximate surface area is 88.2 Å². The number of halogens is 1. The van der Waals surface area contributed by atoms with Gasteiger partial charge in [0, 0.05) is 16.1 Å². The molecule has 1 amide bonds.